The van der Waals surface area contributed by atoms with E-state index < -0.39 is 0 Å². The number of benzene rings is 1. The van der Waals surface area contributed by atoms with Crippen molar-refractivity contribution in [2.45, 2.75) is 17.0 Å². The zero-order valence-corrected chi connectivity index (χ0v) is 8.66. The van der Waals surface area contributed by atoms with Crippen molar-refractivity contribution in [2.24, 2.45) is 0 Å². The van der Waals surface area contributed by atoms with E-state index in [1.807, 2.05) is 43.5 Å². The SMILES string of the molecule is Cc1cn(N)c(Sc2ccccc2)n1. The molecule has 1 aromatic heterocycles. The maximum Gasteiger partial charge on any atom is 0.191 e. The Morgan fingerprint density at radius 1 is 1.29 bits per heavy atom. The molecule has 4 heteroatoms. The number of imidazole rings is 1. The van der Waals surface area contributed by atoms with Crippen LogP contribution in [0.5, 0.6) is 0 Å². The van der Waals surface area contributed by atoms with Gasteiger partial charge in [-0.3, -0.25) is 0 Å². The van der Waals surface area contributed by atoms with E-state index >= 15 is 0 Å². The first-order valence-corrected chi connectivity index (χ1v) is 5.11. The van der Waals surface area contributed by atoms with Gasteiger partial charge in [0.2, 0.25) is 0 Å². The molecule has 0 radical (unpaired) electrons. The molecule has 0 aliphatic carbocycles. The maximum absolute atomic E-state index is 5.72. The van der Waals surface area contributed by atoms with Gasteiger partial charge in [-0.15, -0.1) is 0 Å². The van der Waals surface area contributed by atoms with E-state index in [1.165, 1.54) is 0 Å². The van der Waals surface area contributed by atoms with Crippen LogP contribution in [0.4, 0.5) is 0 Å². The Kier molecular flexibility index (Phi) is 2.45. The van der Waals surface area contributed by atoms with E-state index in [4.69, 9.17) is 5.84 Å². The molecule has 0 bridgehead atoms. The summed E-state index contributed by atoms with van der Waals surface area (Å²) in [5, 5.41) is 0.814. The fourth-order valence-electron chi connectivity index (χ4n) is 1.16. The average Bonchev–Trinajstić information content (AvgIpc) is 2.47. The van der Waals surface area contributed by atoms with Crippen LogP contribution in [0.15, 0.2) is 46.6 Å². The molecule has 1 aromatic carbocycles. The van der Waals surface area contributed by atoms with E-state index in [9.17, 15) is 0 Å². The lowest BCUT2D eigenvalue weighted by atomic mass is 10.4. The molecule has 0 atom stereocenters. The van der Waals surface area contributed by atoms with Crippen molar-refractivity contribution in [3.05, 3.63) is 42.2 Å². The van der Waals surface area contributed by atoms with Crippen molar-refractivity contribution in [1.82, 2.24) is 9.66 Å². The first kappa shape index (κ1) is 9.15. The zero-order valence-electron chi connectivity index (χ0n) is 7.84. The number of nitrogens with two attached hydrogens (primary N) is 1. The highest BCUT2D eigenvalue weighted by molar-refractivity contribution is 7.99. The van der Waals surface area contributed by atoms with Crippen LogP contribution in [0.1, 0.15) is 5.69 Å². The van der Waals surface area contributed by atoms with Gasteiger partial charge in [0.05, 0.1) is 5.69 Å². The predicted octanol–water partition coefficient (Wildman–Crippen LogP) is 2.06. The molecule has 0 fully saturated rings. The molecular weight excluding hydrogens is 194 g/mol. The Morgan fingerprint density at radius 2 is 2.00 bits per heavy atom. The first-order valence-electron chi connectivity index (χ1n) is 4.29. The van der Waals surface area contributed by atoms with Crippen LogP contribution in [0.3, 0.4) is 0 Å². The van der Waals surface area contributed by atoms with E-state index in [-0.39, 0.29) is 0 Å². The van der Waals surface area contributed by atoms with Crippen molar-refractivity contribution in [1.29, 1.82) is 0 Å². The van der Waals surface area contributed by atoms with Crippen LogP contribution in [-0.2, 0) is 0 Å². The van der Waals surface area contributed by atoms with Crippen LogP contribution >= 0.6 is 11.8 Å². The second-order valence-corrected chi connectivity index (χ2v) is 4.03. The molecule has 0 unspecified atom stereocenters. The molecule has 2 aromatic rings. The molecular formula is C10H11N3S. The fraction of sp³-hybridized carbons (Fsp3) is 0.100. The van der Waals surface area contributed by atoms with Gasteiger partial charge in [0, 0.05) is 11.1 Å². The summed E-state index contributed by atoms with van der Waals surface area (Å²) in [5.41, 5.74) is 0.936. The minimum atomic E-state index is 0.814. The maximum atomic E-state index is 5.72. The third kappa shape index (κ3) is 1.90. The van der Waals surface area contributed by atoms with Crippen molar-refractivity contribution in [3.63, 3.8) is 0 Å². The molecule has 0 spiro atoms. The van der Waals surface area contributed by atoms with Crippen LogP contribution in [0.25, 0.3) is 0 Å². The second-order valence-electron chi connectivity index (χ2n) is 2.99. The smallest absolute Gasteiger partial charge is 0.191 e. The minimum absolute atomic E-state index is 0.814. The number of nitrogen functional groups attached to an aromatic ring is 1. The summed E-state index contributed by atoms with van der Waals surface area (Å²) in [4.78, 5) is 5.45. The van der Waals surface area contributed by atoms with Crippen LogP contribution in [-0.4, -0.2) is 9.66 Å². The Labute approximate surface area is 86.9 Å². The zero-order chi connectivity index (χ0) is 9.97. The highest BCUT2D eigenvalue weighted by atomic mass is 32.2. The normalized spacial score (nSPS) is 10.4. The third-order valence-corrected chi connectivity index (χ3v) is 2.76. The lowest BCUT2D eigenvalue weighted by molar-refractivity contribution is 0.850. The first-order chi connectivity index (χ1) is 6.75. The van der Waals surface area contributed by atoms with Crippen LogP contribution in [0.2, 0.25) is 0 Å². The Bertz CT molecular complexity index is 422. The Hall–Kier alpha value is -1.42. The van der Waals surface area contributed by atoms with Crippen molar-refractivity contribution in [3.8, 4) is 0 Å². The third-order valence-electron chi connectivity index (χ3n) is 1.77. The molecule has 72 valence electrons. The van der Waals surface area contributed by atoms with Gasteiger partial charge in [0.1, 0.15) is 0 Å². The van der Waals surface area contributed by atoms with Crippen LogP contribution < -0.4 is 5.84 Å². The highest BCUT2D eigenvalue weighted by Gasteiger charge is 2.04. The fourth-order valence-corrected chi connectivity index (χ4v) is 2.02. The summed E-state index contributed by atoms with van der Waals surface area (Å²) in [5.74, 6) is 5.72. The van der Waals surface area contributed by atoms with Crippen molar-refractivity contribution >= 4 is 11.8 Å². The quantitative estimate of drug-likeness (QED) is 0.763. The molecule has 0 amide bonds. The average molecular weight is 205 g/mol. The van der Waals surface area contributed by atoms with Gasteiger partial charge in [-0.1, -0.05) is 18.2 Å². The molecule has 0 saturated carbocycles. The van der Waals surface area contributed by atoms with Gasteiger partial charge < -0.3 is 5.84 Å². The van der Waals surface area contributed by atoms with E-state index in [2.05, 4.69) is 4.98 Å². The van der Waals surface area contributed by atoms with Crippen molar-refractivity contribution in [2.75, 3.05) is 5.84 Å². The lowest BCUT2D eigenvalue weighted by Gasteiger charge is -1.99. The van der Waals surface area contributed by atoms with Crippen molar-refractivity contribution < 1.29 is 0 Å². The number of hydrogen-bond acceptors (Lipinski definition) is 3. The summed E-state index contributed by atoms with van der Waals surface area (Å²) < 4.78 is 1.55. The Balaban J connectivity index is 2.23. The second kappa shape index (κ2) is 3.75. The molecule has 0 saturated heterocycles. The number of aromatic nitrogens is 2. The molecule has 0 aliphatic rings. The molecule has 1 heterocycles. The van der Waals surface area contributed by atoms with E-state index in [0.29, 0.717) is 0 Å². The standard InChI is InChI=1S/C10H11N3S/c1-8-7-13(11)10(12-8)14-9-5-3-2-4-6-9/h2-7H,11H2,1H3. The van der Waals surface area contributed by atoms with E-state index in [1.54, 1.807) is 16.4 Å². The van der Waals surface area contributed by atoms with Gasteiger partial charge in [0.25, 0.3) is 0 Å². The lowest BCUT2D eigenvalue weighted by Crippen LogP contribution is -2.07. The topological polar surface area (TPSA) is 43.8 Å². The largest absolute Gasteiger partial charge is 0.337 e. The van der Waals surface area contributed by atoms with Gasteiger partial charge in [-0.05, 0) is 30.8 Å². The van der Waals surface area contributed by atoms with Gasteiger partial charge in [-0.25, -0.2) is 9.66 Å². The molecule has 3 nitrogen and oxygen atoms in total. The minimum Gasteiger partial charge on any atom is -0.337 e. The highest BCUT2D eigenvalue weighted by Crippen LogP contribution is 2.25. The molecule has 14 heavy (non-hydrogen) atoms. The molecule has 0 aliphatic heterocycles. The number of hydrogen-bond donors (Lipinski definition) is 1. The summed E-state index contributed by atoms with van der Waals surface area (Å²) in [6.07, 6.45) is 1.81. The van der Waals surface area contributed by atoms with Crippen LogP contribution in [0, 0.1) is 6.92 Å². The van der Waals surface area contributed by atoms with Gasteiger partial charge in [0.15, 0.2) is 5.16 Å². The number of rotatable bonds is 2. The van der Waals surface area contributed by atoms with Gasteiger partial charge in [-0.2, -0.15) is 0 Å². The monoisotopic (exact) mass is 205 g/mol. The summed E-state index contributed by atoms with van der Waals surface area (Å²) in [6, 6.07) is 10.1. The van der Waals surface area contributed by atoms with E-state index in [0.717, 1.165) is 15.7 Å². The van der Waals surface area contributed by atoms with Gasteiger partial charge >= 0.3 is 0 Å². The number of nitrogens with zero attached hydrogens (tertiary/aromatic N) is 2. The predicted molar refractivity (Wildman–Crippen MR) is 57.7 cm³/mol. The Morgan fingerprint density at radius 3 is 2.57 bits per heavy atom. The summed E-state index contributed by atoms with van der Waals surface area (Å²) >= 11 is 1.56. The summed E-state index contributed by atoms with van der Waals surface area (Å²) in [6.45, 7) is 1.93. The molecule has 2 rings (SSSR count). The summed E-state index contributed by atoms with van der Waals surface area (Å²) in [7, 11) is 0. The number of aryl methyl sites for hydroxylation is 1. The molecule has 2 N–H and O–H groups in total.